The van der Waals surface area contributed by atoms with Gasteiger partial charge in [0.25, 0.3) is 5.91 Å². The number of nitriles is 1. The Kier molecular flexibility index (Phi) is 5.12. The number of hydrogen-bond donors (Lipinski definition) is 1. The Balaban J connectivity index is 2.91. The Bertz CT molecular complexity index is 451. The van der Waals surface area contributed by atoms with Crippen molar-refractivity contribution >= 4 is 11.7 Å². The van der Waals surface area contributed by atoms with Gasteiger partial charge >= 0.3 is 0 Å². The number of aromatic nitrogens is 1. The summed E-state index contributed by atoms with van der Waals surface area (Å²) in [5, 5.41) is 11.5. The highest BCUT2D eigenvalue weighted by molar-refractivity contribution is 5.95. The van der Waals surface area contributed by atoms with Crippen LogP contribution in [0.4, 0.5) is 5.82 Å². The van der Waals surface area contributed by atoms with Crippen molar-refractivity contribution in [2.45, 2.75) is 26.3 Å². The third-order valence-electron chi connectivity index (χ3n) is 2.61. The standard InChI is InChI=1S/C13H18N4O/c1-10(2)17(8-4-6-14)13(18)11-5-7-16-12(9-11)15-3/h5,7,9-10H,4,8H2,1-3H3,(H,15,16). The van der Waals surface area contributed by atoms with E-state index in [4.69, 9.17) is 5.26 Å². The average Bonchev–Trinajstić information content (AvgIpc) is 2.38. The fourth-order valence-electron chi connectivity index (χ4n) is 1.63. The Labute approximate surface area is 107 Å². The van der Waals surface area contributed by atoms with Gasteiger partial charge in [-0.05, 0) is 26.0 Å². The minimum atomic E-state index is -0.0702. The quantitative estimate of drug-likeness (QED) is 0.861. The summed E-state index contributed by atoms with van der Waals surface area (Å²) in [5.41, 5.74) is 0.584. The van der Waals surface area contributed by atoms with Gasteiger partial charge in [-0.3, -0.25) is 4.79 Å². The molecule has 1 rings (SSSR count). The minimum absolute atomic E-state index is 0.0667. The summed E-state index contributed by atoms with van der Waals surface area (Å²) < 4.78 is 0. The van der Waals surface area contributed by atoms with Crippen molar-refractivity contribution in [1.82, 2.24) is 9.88 Å². The molecule has 1 heterocycles. The zero-order valence-electron chi connectivity index (χ0n) is 11.0. The number of nitrogens with zero attached hydrogens (tertiary/aromatic N) is 3. The molecular formula is C13H18N4O. The summed E-state index contributed by atoms with van der Waals surface area (Å²) >= 11 is 0. The lowest BCUT2D eigenvalue weighted by atomic mass is 10.2. The van der Waals surface area contributed by atoms with Gasteiger partial charge in [-0.25, -0.2) is 4.98 Å². The first-order valence-electron chi connectivity index (χ1n) is 5.92. The van der Waals surface area contributed by atoms with Crippen molar-refractivity contribution in [2.24, 2.45) is 0 Å². The van der Waals surface area contributed by atoms with Crippen LogP contribution in [0.15, 0.2) is 18.3 Å². The second-order valence-corrected chi connectivity index (χ2v) is 4.18. The van der Waals surface area contributed by atoms with E-state index in [0.717, 1.165) is 0 Å². The fourth-order valence-corrected chi connectivity index (χ4v) is 1.63. The van der Waals surface area contributed by atoms with Gasteiger partial charge in [-0.15, -0.1) is 0 Å². The summed E-state index contributed by atoms with van der Waals surface area (Å²) in [7, 11) is 1.76. The highest BCUT2D eigenvalue weighted by atomic mass is 16.2. The summed E-state index contributed by atoms with van der Waals surface area (Å²) in [6.45, 7) is 4.33. The van der Waals surface area contributed by atoms with E-state index in [1.54, 1.807) is 30.3 Å². The first kappa shape index (κ1) is 14.0. The van der Waals surface area contributed by atoms with E-state index in [-0.39, 0.29) is 11.9 Å². The summed E-state index contributed by atoms with van der Waals surface area (Å²) in [5.74, 6) is 0.587. The van der Waals surface area contributed by atoms with Crippen LogP contribution < -0.4 is 5.32 Å². The van der Waals surface area contributed by atoms with Crippen molar-refractivity contribution < 1.29 is 4.79 Å². The van der Waals surface area contributed by atoms with Gasteiger partial charge in [0.05, 0.1) is 12.5 Å². The van der Waals surface area contributed by atoms with Gasteiger partial charge in [0, 0.05) is 31.4 Å². The second kappa shape index (κ2) is 6.60. The van der Waals surface area contributed by atoms with E-state index in [1.165, 1.54) is 0 Å². The molecule has 1 aromatic rings. The Morgan fingerprint density at radius 3 is 2.89 bits per heavy atom. The molecule has 0 unspecified atom stereocenters. The molecule has 0 aromatic carbocycles. The number of hydrogen-bond acceptors (Lipinski definition) is 4. The number of carbonyl (C=O) groups is 1. The van der Waals surface area contributed by atoms with Crippen molar-refractivity contribution in [1.29, 1.82) is 5.26 Å². The van der Waals surface area contributed by atoms with Crippen LogP contribution in [0.2, 0.25) is 0 Å². The molecule has 0 bridgehead atoms. The largest absolute Gasteiger partial charge is 0.373 e. The van der Waals surface area contributed by atoms with Gasteiger partial charge in [0.1, 0.15) is 5.82 Å². The second-order valence-electron chi connectivity index (χ2n) is 4.18. The molecule has 0 aliphatic rings. The molecule has 18 heavy (non-hydrogen) atoms. The molecule has 0 atom stereocenters. The van der Waals surface area contributed by atoms with E-state index in [1.807, 2.05) is 13.8 Å². The van der Waals surface area contributed by atoms with E-state index < -0.39 is 0 Å². The first-order chi connectivity index (χ1) is 8.60. The van der Waals surface area contributed by atoms with E-state index in [0.29, 0.717) is 24.3 Å². The lowest BCUT2D eigenvalue weighted by Crippen LogP contribution is -2.37. The van der Waals surface area contributed by atoms with Crippen LogP contribution >= 0.6 is 0 Å². The van der Waals surface area contributed by atoms with Crippen LogP contribution in [0, 0.1) is 11.3 Å². The summed E-state index contributed by atoms with van der Waals surface area (Å²) in [6, 6.07) is 5.53. The number of nitrogens with one attached hydrogen (secondary N) is 1. The van der Waals surface area contributed by atoms with Crippen molar-refractivity contribution in [3.8, 4) is 6.07 Å². The molecule has 0 spiro atoms. The van der Waals surface area contributed by atoms with Crippen LogP contribution in [0.1, 0.15) is 30.6 Å². The van der Waals surface area contributed by atoms with E-state index >= 15 is 0 Å². The van der Waals surface area contributed by atoms with Crippen molar-refractivity contribution in [3.63, 3.8) is 0 Å². The molecule has 0 radical (unpaired) electrons. The Hall–Kier alpha value is -2.09. The monoisotopic (exact) mass is 246 g/mol. The highest BCUT2D eigenvalue weighted by Gasteiger charge is 2.18. The smallest absolute Gasteiger partial charge is 0.254 e. The topological polar surface area (TPSA) is 69.0 Å². The zero-order valence-corrected chi connectivity index (χ0v) is 11.0. The molecule has 96 valence electrons. The third kappa shape index (κ3) is 3.45. The molecule has 0 saturated heterocycles. The van der Waals surface area contributed by atoms with Crippen molar-refractivity contribution in [3.05, 3.63) is 23.9 Å². The van der Waals surface area contributed by atoms with Crippen LogP contribution in [-0.2, 0) is 0 Å². The molecule has 0 aliphatic heterocycles. The van der Waals surface area contributed by atoms with Gasteiger partial charge in [0.15, 0.2) is 0 Å². The zero-order chi connectivity index (χ0) is 13.5. The van der Waals surface area contributed by atoms with E-state index in [2.05, 4.69) is 16.4 Å². The van der Waals surface area contributed by atoms with Crippen LogP contribution in [0.25, 0.3) is 0 Å². The molecule has 5 heteroatoms. The van der Waals surface area contributed by atoms with Gasteiger partial charge in [-0.2, -0.15) is 5.26 Å². The third-order valence-corrected chi connectivity index (χ3v) is 2.61. The maximum absolute atomic E-state index is 12.3. The molecule has 1 aromatic heterocycles. The van der Waals surface area contributed by atoms with Crippen LogP contribution in [-0.4, -0.2) is 35.4 Å². The molecule has 0 fully saturated rings. The first-order valence-corrected chi connectivity index (χ1v) is 5.92. The molecule has 0 saturated carbocycles. The Morgan fingerprint density at radius 1 is 1.61 bits per heavy atom. The normalized spacial score (nSPS) is 9.94. The van der Waals surface area contributed by atoms with Crippen LogP contribution in [0.5, 0.6) is 0 Å². The van der Waals surface area contributed by atoms with Crippen LogP contribution in [0.3, 0.4) is 0 Å². The number of rotatable bonds is 5. The minimum Gasteiger partial charge on any atom is -0.373 e. The van der Waals surface area contributed by atoms with Gasteiger partial charge in [0.2, 0.25) is 0 Å². The van der Waals surface area contributed by atoms with E-state index in [9.17, 15) is 4.79 Å². The lowest BCUT2D eigenvalue weighted by Gasteiger charge is -2.26. The number of anilines is 1. The SMILES string of the molecule is CNc1cc(C(=O)N(CCC#N)C(C)C)ccn1. The maximum atomic E-state index is 12.3. The van der Waals surface area contributed by atoms with Gasteiger partial charge < -0.3 is 10.2 Å². The predicted octanol–water partition coefficient (Wildman–Crippen LogP) is 1.89. The Morgan fingerprint density at radius 2 is 2.33 bits per heavy atom. The predicted molar refractivity (Wildman–Crippen MR) is 70.2 cm³/mol. The van der Waals surface area contributed by atoms with Gasteiger partial charge in [-0.1, -0.05) is 0 Å². The summed E-state index contributed by atoms with van der Waals surface area (Å²) in [6.07, 6.45) is 1.94. The molecule has 5 nitrogen and oxygen atoms in total. The molecular weight excluding hydrogens is 228 g/mol. The fraction of sp³-hybridized carbons (Fsp3) is 0.462. The van der Waals surface area contributed by atoms with Crippen molar-refractivity contribution in [2.75, 3.05) is 18.9 Å². The summed E-state index contributed by atoms with van der Waals surface area (Å²) in [4.78, 5) is 18.1. The molecule has 0 aliphatic carbocycles. The molecule has 1 N–H and O–H groups in total. The number of amides is 1. The number of pyridine rings is 1. The maximum Gasteiger partial charge on any atom is 0.254 e. The highest BCUT2D eigenvalue weighted by Crippen LogP contribution is 2.12. The number of carbonyl (C=O) groups excluding carboxylic acids is 1. The molecule has 1 amide bonds. The average molecular weight is 246 g/mol. The lowest BCUT2D eigenvalue weighted by molar-refractivity contribution is 0.0710.